The molecule has 4 rings (SSSR count). The van der Waals surface area contributed by atoms with Crippen molar-refractivity contribution >= 4 is 34.8 Å². The standard InChI is InChI=1S/C17H11N.ClH/c1-4-8-15-12(5-1)9-10-18-17(15)16-11-13-6-2-3-7-14(13)16;/h1-11H;1H. The van der Waals surface area contributed by atoms with E-state index in [1.165, 1.54) is 27.5 Å². The van der Waals surface area contributed by atoms with Gasteiger partial charge in [0.25, 0.3) is 0 Å². The van der Waals surface area contributed by atoms with Crippen molar-refractivity contribution in [1.29, 1.82) is 0 Å². The number of pyridine rings is 1. The second-order valence-electron chi connectivity index (χ2n) is 4.53. The second kappa shape index (κ2) is 4.52. The Balaban J connectivity index is 0.00000110. The average Bonchev–Trinajstić information content (AvgIpc) is 2.40. The number of benzene rings is 2. The van der Waals surface area contributed by atoms with Crippen molar-refractivity contribution in [2.24, 2.45) is 0 Å². The molecule has 3 aromatic rings. The lowest BCUT2D eigenvalue weighted by Crippen LogP contribution is -2.02. The van der Waals surface area contributed by atoms with Crippen molar-refractivity contribution in [3.05, 3.63) is 77.6 Å². The molecular weight excluding hydrogens is 254 g/mol. The van der Waals surface area contributed by atoms with Crippen molar-refractivity contribution in [2.45, 2.75) is 0 Å². The van der Waals surface area contributed by atoms with Crippen LogP contribution in [0.1, 0.15) is 16.8 Å². The number of halogens is 1. The summed E-state index contributed by atoms with van der Waals surface area (Å²) in [7, 11) is 0. The minimum absolute atomic E-state index is 0. The summed E-state index contributed by atoms with van der Waals surface area (Å²) in [4.78, 5) is 4.56. The Morgan fingerprint density at radius 2 is 1.58 bits per heavy atom. The van der Waals surface area contributed by atoms with Crippen LogP contribution >= 0.6 is 12.4 Å². The number of hydrogen-bond acceptors (Lipinski definition) is 1. The molecule has 0 atom stereocenters. The molecule has 0 unspecified atom stereocenters. The fraction of sp³-hybridized carbons (Fsp3) is 0. The zero-order valence-electron chi connectivity index (χ0n) is 10.2. The summed E-state index contributed by atoms with van der Waals surface area (Å²) in [5.41, 5.74) is 4.96. The van der Waals surface area contributed by atoms with Crippen LogP contribution in [0.5, 0.6) is 0 Å². The topological polar surface area (TPSA) is 12.9 Å². The van der Waals surface area contributed by atoms with E-state index in [2.05, 4.69) is 65.7 Å². The molecule has 2 heteroatoms. The monoisotopic (exact) mass is 265 g/mol. The van der Waals surface area contributed by atoms with Gasteiger partial charge in [-0.25, -0.2) is 0 Å². The van der Waals surface area contributed by atoms with Crippen LogP contribution in [-0.4, -0.2) is 4.98 Å². The Bertz CT molecular complexity index is 785. The van der Waals surface area contributed by atoms with Crippen LogP contribution < -0.4 is 0 Å². The summed E-state index contributed by atoms with van der Waals surface area (Å²) >= 11 is 0. The Morgan fingerprint density at radius 3 is 2.47 bits per heavy atom. The third-order valence-electron chi connectivity index (χ3n) is 3.48. The third kappa shape index (κ3) is 1.74. The van der Waals surface area contributed by atoms with E-state index in [0.29, 0.717) is 0 Å². The Hall–Kier alpha value is -2.12. The van der Waals surface area contributed by atoms with Gasteiger partial charge in [0, 0.05) is 17.2 Å². The summed E-state index contributed by atoms with van der Waals surface area (Å²) in [6, 6.07) is 18.9. The van der Waals surface area contributed by atoms with Gasteiger partial charge in [-0.1, -0.05) is 48.5 Å². The first kappa shape index (κ1) is 11.9. The van der Waals surface area contributed by atoms with Gasteiger partial charge in [-0.3, -0.25) is 4.98 Å². The zero-order valence-corrected chi connectivity index (χ0v) is 11.0. The fourth-order valence-electron chi connectivity index (χ4n) is 2.55. The molecule has 0 saturated carbocycles. The largest absolute Gasteiger partial charge is 0.256 e. The normalized spacial score (nSPS) is 12.1. The number of hydrogen-bond donors (Lipinski definition) is 0. The van der Waals surface area contributed by atoms with E-state index < -0.39 is 0 Å². The third-order valence-corrected chi connectivity index (χ3v) is 3.48. The number of nitrogens with zero attached hydrogens (tertiary/aromatic N) is 1. The molecule has 0 bridgehead atoms. The molecule has 0 N–H and O–H groups in total. The first-order valence-electron chi connectivity index (χ1n) is 6.09. The van der Waals surface area contributed by atoms with Crippen LogP contribution in [0.25, 0.3) is 22.4 Å². The Labute approximate surface area is 118 Å². The molecule has 1 aromatic heterocycles. The predicted octanol–water partition coefficient (Wildman–Crippen LogP) is 4.56. The van der Waals surface area contributed by atoms with E-state index in [1.54, 1.807) is 0 Å². The molecule has 0 amide bonds. The number of fused-ring (bicyclic) bond motifs is 2. The van der Waals surface area contributed by atoms with Crippen LogP contribution in [0.4, 0.5) is 0 Å². The maximum absolute atomic E-state index is 4.56. The van der Waals surface area contributed by atoms with Crippen molar-refractivity contribution < 1.29 is 0 Å². The summed E-state index contributed by atoms with van der Waals surface area (Å²) in [5, 5.41) is 2.47. The van der Waals surface area contributed by atoms with E-state index in [-0.39, 0.29) is 12.4 Å². The lowest BCUT2D eigenvalue weighted by atomic mass is 9.85. The van der Waals surface area contributed by atoms with E-state index in [1.807, 2.05) is 6.20 Å². The van der Waals surface area contributed by atoms with E-state index >= 15 is 0 Å². The lowest BCUT2D eigenvalue weighted by molar-refractivity contribution is 1.30. The number of rotatable bonds is 1. The van der Waals surface area contributed by atoms with Crippen molar-refractivity contribution in [3.8, 4) is 0 Å². The Morgan fingerprint density at radius 1 is 0.789 bits per heavy atom. The number of aromatic nitrogens is 1. The molecule has 92 valence electrons. The first-order chi connectivity index (χ1) is 8.93. The molecule has 0 radical (unpaired) electrons. The van der Waals surface area contributed by atoms with Gasteiger partial charge in [-0.05, 0) is 28.7 Å². The zero-order chi connectivity index (χ0) is 11.9. The van der Waals surface area contributed by atoms with Crippen molar-refractivity contribution in [2.75, 3.05) is 0 Å². The molecule has 1 heterocycles. The van der Waals surface area contributed by atoms with Gasteiger partial charge >= 0.3 is 0 Å². The summed E-state index contributed by atoms with van der Waals surface area (Å²) < 4.78 is 0. The van der Waals surface area contributed by atoms with Crippen LogP contribution in [-0.2, 0) is 0 Å². The minimum atomic E-state index is 0. The molecule has 1 aliphatic carbocycles. The quantitative estimate of drug-likeness (QED) is 0.492. The predicted molar refractivity (Wildman–Crippen MR) is 82.4 cm³/mol. The first-order valence-corrected chi connectivity index (χ1v) is 6.09. The molecule has 2 aromatic carbocycles. The lowest BCUT2D eigenvalue weighted by Gasteiger charge is -2.20. The summed E-state index contributed by atoms with van der Waals surface area (Å²) in [6.45, 7) is 0. The highest BCUT2D eigenvalue weighted by molar-refractivity contribution is 6.08. The van der Waals surface area contributed by atoms with Gasteiger partial charge in [0.05, 0.1) is 5.69 Å². The summed E-state index contributed by atoms with van der Waals surface area (Å²) in [5.74, 6) is 0. The molecule has 1 nitrogen and oxygen atoms in total. The molecular formula is C17H12ClN. The van der Waals surface area contributed by atoms with Crippen LogP contribution in [0.3, 0.4) is 0 Å². The maximum Gasteiger partial charge on any atom is 0.0786 e. The average molecular weight is 266 g/mol. The van der Waals surface area contributed by atoms with Crippen molar-refractivity contribution in [3.63, 3.8) is 0 Å². The highest BCUT2D eigenvalue weighted by Crippen LogP contribution is 2.38. The Kier molecular flexibility index (Phi) is 2.84. The van der Waals surface area contributed by atoms with E-state index in [4.69, 9.17) is 0 Å². The maximum atomic E-state index is 4.56. The van der Waals surface area contributed by atoms with Gasteiger partial charge in [0.15, 0.2) is 0 Å². The van der Waals surface area contributed by atoms with Crippen LogP contribution in [0.15, 0.2) is 60.8 Å². The van der Waals surface area contributed by atoms with E-state index in [9.17, 15) is 0 Å². The molecule has 0 aliphatic heterocycles. The highest BCUT2D eigenvalue weighted by Gasteiger charge is 2.19. The van der Waals surface area contributed by atoms with Crippen LogP contribution in [0.2, 0.25) is 0 Å². The molecule has 0 spiro atoms. The smallest absolute Gasteiger partial charge is 0.0786 e. The molecule has 0 fully saturated rings. The fourth-order valence-corrected chi connectivity index (χ4v) is 2.55. The van der Waals surface area contributed by atoms with Crippen LogP contribution in [0, 0.1) is 0 Å². The minimum Gasteiger partial charge on any atom is -0.256 e. The second-order valence-corrected chi connectivity index (χ2v) is 4.53. The van der Waals surface area contributed by atoms with E-state index in [0.717, 1.165) is 5.69 Å². The van der Waals surface area contributed by atoms with Gasteiger partial charge in [0.1, 0.15) is 0 Å². The van der Waals surface area contributed by atoms with Gasteiger partial charge in [-0.2, -0.15) is 0 Å². The molecule has 1 aliphatic rings. The summed E-state index contributed by atoms with van der Waals surface area (Å²) in [6.07, 6.45) is 4.10. The SMILES string of the molecule is C1=C(c2nccc3ccccc23)c2ccccc21.Cl. The molecule has 19 heavy (non-hydrogen) atoms. The highest BCUT2D eigenvalue weighted by atomic mass is 35.5. The van der Waals surface area contributed by atoms with Crippen molar-refractivity contribution in [1.82, 2.24) is 4.98 Å². The molecule has 0 saturated heterocycles. The van der Waals surface area contributed by atoms with Gasteiger partial charge in [0.2, 0.25) is 0 Å². The van der Waals surface area contributed by atoms with Gasteiger partial charge < -0.3 is 0 Å². The van der Waals surface area contributed by atoms with Gasteiger partial charge in [-0.15, -0.1) is 12.4 Å².